The summed E-state index contributed by atoms with van der Waals surface area (Å²) in [5.74, 6) is 1.85. The summed E-state index contributed by atoms with van der Waals surface area (Å²) in [4.78, 5) is 37.6. The maximum atomic E-state index is 13.5. The van der Waals surface area contributed by atoms with E-state index >= 15 is 0 Å². The molecule has 8 heteroatoms. The van der Waals surface area contributed by atoms with Crippen molar-refractivity contribution < 1.29 is 14.3 Å². The van der Waals surface area contributed by atoms with Gasteiger partial charge in [0.2, 0.25) is 5.91 Å². The number of carbonyl (C=O) groups excluding carboxylic acids is 2. The van der Waals surface area contributed by atoms with Gasteiger partial charge in [0, 0.05) is 69.3 Å². The second-order valence-corrected chi connectivity index (χ2v) is 12.9. The molecule has 2 amide bonds. The zero-order valence-corrected chi connectivity index (χ0v) is 24.5. The highest BCUT2D eigenvalue weighted by molar-refractivity contribution is 5.87. The lowest BCUT2D eigenvalue weighted by Gasteiger charge is -2.55. The van der Waals surface area contributed by atoms with Crippen molar-refractivity contribution in [2.45, 2.75) is 96.2 Å². The van der Waals surface area contributed by atoms with Crippen molar-refractivity contribution in [1.29, 1.82) is 0 Å². The highest BCUT2D eigenvalue weighted by Crippen LogP contribution is 2.44. The second kappa shape index (κ2) is 11.7. The van der Waals surface area contributed by atoms with E-state index < -0.39 is 0 Å². The van der Waals surface area contributed by atoms with Crippen LogP contribution in [0.2, 0.25) is 0 Å². The Labute approximate surface area is 234 Å². The molecule has 1 aromatic heterocycles. The molecule has 4 aliphatic heterocycles. The molecule has 1 spiro atoms. The number of amides is 2. The molecular formula is C31H49N5O3. The molecule has 8 nitrogen and oxygen atoms in total. The number of pyridine rings is 1. The SMILES string of the molecule is CCCC[C@H]1CN(c2ccccn2)C(=O)OC12CCN(C1(C)CCN(C(=O)C3C(C)CCNC3C)CC1)CC2. The van der Waals surface area contributed by atoms with E-state index in [0.717, 1.165) is 84.1 Å². The van der Waals surface area contributed by atoms with Gasteiger partial charge in [-0.3, -0.25) is 14.6 Å². The minimum absolute atomic E-state index is 0.0814. The van der Waals surface area contributed by atoms with Crippen LogP contribution in [0, 0.1) is 17.8 Å². The topological polar surface area (TPSA) is 78.0 Å². The summed E-state index contributed by atoms with van der Waals surface area (Å²) in [6, 6.07) is 5.94. The van der Waals surface area contributed by atoms with Gasteiger partial charge in [-0.1, -0.05) is 32.8 Å². The molecule has 0 saturated carbocycles. The third kappa shape index (κ3) is 5.69. The molecule has 1 aromatic rings. The molecule has 1 N–H and O–H groups in total. The number of hydrogen-bond acceptors (Lipinski definition) is 6. The summed E-state index contributed by atoms with van der Waals surface area (Å²) in [5.41, 5.74) is -0.306. The van der Waals surface area contributed by atoms with Gasteiger partial charge in [0.15, 0.2) is 0 Å². The Bertz CT molecular complexity index is 977. The van der Waals surface area contributed by atoms with E-state index in [9.17, 15) is 9.59 Å². The Morgan fingerprint density at radius 1 is 1.13 bits per heavy atom. The third-order valence-corrected chi connectivity index (χ3v) is 10.5. The highest BCUT2D eigenvalue weighted by atomic mass is 16.6. The van der Waals surface area contributed by atoms with Crippen LogP contribution < -0.4 is 10.2 Å². The van der Waals surface area contributed by atoms with Crippen molar-refractivity contribution in [2.75, 3.05) is 44.2 Å². The fourth-order valence-electron chi connectivity index (χ4n) is 7.75. The number of carbonyl (C=O) groups is 2. The standard InChI is InChI=1S/C31H49N5O3/c1-5-6-9-25-22-36(26-10-7-8-16-33-26)29(38)39-31(25)14-20-35(21-15-31)30(4)12-18-34(19-13-30)28(37)27-23(2)11-17-32-24(27)3/h7-8,10,16,23-25,27,32H,5-6,9,11-15,17-22H2,1-4H3/t23?,24?,25-,27?/m0/s1. The smallest absolute Gasteiger partial charge is 0.416 e. The minimum Gasteiger partial charge on any atom is -0.442 e. The van der Waals surface area contributed by atoms with E-state index in [4.69, 9.17) is 4.74 Å². The molecule has 4 atom stereocenters. The van der Waals surface area contributed by atoms with Crippen LogP contribution in [0.4, 0.5) is 10.6 Å². The molecule has 0 aliphatic carbocycles. The number of anilines is 1. The van der Waals surface area contributed by atoms with Gasteiger partial charge in [0.1, 0.15) is 11.4 Å². The summed E-state index contributed by atoms with van der Waals surface area (Å²) in [6.07, 6.45) is 9.65. The lowest BCUT2D eigenvalue weighted by molar-refractivity contribution is -0.143. The Balaban J connectivity index is 1.21. The number of rotatable bonds is 6. The first-order valence-electron chi connectivity index (χ1n) is 15.4. The molecule has 0 radical (unpaired) electrons. The normalized spacial score (nSPS) is 31.2. The number of likely N-dealkylation sites (tertiary alicyclic amines) is 2. The zero-order valence-electron chi connectivity index (χ0n) is 24.5. The molecule has 4 saturated heterocycles. The summed E-state index contributed by atoms with van der Waals surface area (Å²) in [7, 11) is 0. The van der Waals surface area contributed by atoms with Crippen LogP contribution in [0.3, 0.4) is 0 Å². The van der Waals surface area contributed by atoms with E-state index in [1.165, 1.54) is 0 Å². The number of nitrogens with zero attached hydrogens (tertiary/aromatic N) is 4. The fraction of sp³-hybridized carbons (Fsp3) is 0.774. The van der Waals surface area contributed by atoms with E-state index in [1.807, 2.05) is 18.2 Å². The van der Waals surface area contributed by atoms with Crippen LogP contribution in [0.5, 0.6) is 0 Å². The molecule has 0 aromatic carbocycles. The average molecular weight is 540 g/mol. The maximum Gasteiger partial charge on any atom is 0.416 e. The third-order valence-electron chi connectivity index (χ3n) is 10.5. The van der Waals surface area contributed by atoms with Gasteiger partial charge in [0.25, 0.3) is 0 Å². The molecule has 216 valence electrons. The predicted molar refractivity (Wildman–Crippen MR) is 154 cm³/mol. The predicted octanol–water partition coefficient (Wildman–Crippen LogP) is 4.69. The number of piperidine rings is 3. The first kappa shape index (κ1) is 28.3. The number of aromatic nitrogens is 1. The molecule has 4 fully saturated rings. The largest absolute Gasteiger partial charge is 0.442 e. The number of nitrogens with one attached hydrogen (secondary N) is 1. The Hall–Kier alpha value is -2.19. The van der Waals surface area contributed by atoms with E-state index in [0.29, 0.717) is 30.1 Å². The second-order valence-electron chi connectivity index (χ2n) is 12.9. The molecule has 5 rings (SSSR count). The first-order chi connectivity index (χ1) is 18.8. The van der Waals surface area contributed by atoms with Crippen molar-refractivity contribution in [1.82, 2.24) is 20.1 Å². The van der Waals surface area contributed by atoms with Crippen LogP contribution in [-0.2, 0) is 9.53 Å². The van der Waals surface area contributed by atoms with E-state index in [-0.39, 0.29) is 29.2 Å². The average Bonchev–Trinajstić information content (AvgIpc) is 2.93. The molecule has 3 unspecified atom stereocenters. The number of ether oxygens (including phenoxy) is 1. The summed E-state index contributed by atoms with van der Waals surface area (Å²) >= 11 is 0. The van der Waals surface area contributed by atoms with Crippen molar-refractivity contribution in [2.24, 2.45) is 17.8 Å². The summed E-state index contributed by atoms with van der Waals surface area (Å²) < 4.78 is 6.36. The number of hydrogen-bond donors (Lipinski definition) is 1. The monoisotopic (exact) mass is 539 g/mol. The summed E-state index contributed by atoms with van der Waals surface area (Å²) in [6.45, 7) is 14.2. The van der Waals surface area contributed by atoms with Gasteiger partial charge in [-0.05, 0) is 64.1 Å². The molecular weight excluding hydrogens is 490 g/mol. The van der Waals surface area contributed by atoms with Gasteiger partial charge in [-0.2, -0.15) is 0 Å². The van der Waals surface area contributed by atoms with Crippen molar-refractivity contribution in [3.8, 4) is 0 Å². The van der Waals surface area contributed by atoms with Gasteiger partial charge in [-0.15, -0.1) is 0 Å². The molecule has 0 bridgehead atoms. The molecule has 4 aliphatic rings. The van der Waals surface area contributed by atoms with E-state index in [2.05, 4.69) is 47.8 Å². The highest BCUT2D eigenvalue weighted by Gasteiger charge is 2.52. The van der Waals surface area contributed by atoms with Gasteiger partial charge >= 0.3 is 6.09 Å². The van der Waals surface area contributed by atoms with Gasteiger partial charge < -0.3 is 15.0 Å². The van der Waals surface area contributed by atoms with Crippen molar-refractivity contribution in [3.05, 3.63) is 24.4 Å². The Morgan fingerprint density at radius 2 is 1.87 bits per heavy atom. The quantitative estimate of drug-likeness (QED) is 0.565. The maximum absolute atomic E-state index is 13.5. The summed E-state index contributed by atoms with van der Waals surface area (Å²) in [5, 5.41) is 3.51. The van der Waals surface area contributed by atoms with Crippen LogP contribution >= 0.6 is 0 Å². The molecule has 39 heavy (non-hydrogen) atoms. The van der Waals surface area contributed by atoms with Crippen LogP contribution in [0.25, 0.3) is 0 Å². The Kier molecular flexibility index (Phi) is 8.53. The number of unbranched alkanes of at least 4 members (excludes halogenated alkanes) is 1. The van der Waals surface area contributed by atoms with Crippen LogP contribution in [0.1, 0.15) is 79.1 Å². The van der Waals surface area contributed by atoms with E-state index in [1.54, 1.807) is 11.1 Å². The minimum atomic E-state index is -0.388. The first-order valence-corrected chi connectivity index (χ1v) is 15.4. The lowest BCUT2D eigenvalue weighted by Crippen LogP contribution is -2.64. The van der Waals surface area contributed by atoms with Gasteiger partial charge in [0.05, 0.1) is 5.92 Å². The molecule has 5 heterocycles. The lowest BCUT2D eigenvalue weighted by atomic mass is 9.74. The van der Waals surface area contributed by atoms with Crippen molar-refractivity contribution >= 4 is 17.8 Å². The van der Waals surface area contributed by atoms with Gasteiger partial charge in [-0.25, -0.2) is 9.78 Å². The van der Waals surface area contributed by atoms with Crippen LogP contribution in [0.15, 0.2) is 24.4 Å². The zero-order chi connectivity index (χ0) is 27.6. The van der Waals surface area contributed by atoms with Crippen LogP contribution in [-0.4, -0.2) is 83.2 Å². The van der Waals surface area contributed by atoms with Crippen molar-refractivity contribution in [3.63, 3.8) is 0 Å². The Morgan fingerprint density at radius 3 is 2.51 bits per heavy atom. The fourth-order valence-corrected chi connectivity index (χ4v) is 7.75.